The van der Waals surface area contributed by atoms with Gasteiger partial charge in [0.1, 0.15) is 11.7 Å². The van der Waals surface area contributed by atoms with Crippen molar-refractivity contribution in [3.63, 3.8) is 0 Å². The number of amides is 1. The number of carbonyl (C=O) groups excluding carboxylic acids is 1. The topological polar surface area (TPSA) is 108 Å². The van der Waals surface area contributed by atoms with E-state index in [2.05, 4.69) is 49.3 Å². The summed E-state index contributed by atoms with van der Waals surface area (Å²) in [5.41, 5.74) is 1.73. The highest BCUT2D eigenvalue weighted by molar-refractivity contribution is 6.20. The Kier molecular flexibility index (Phi) is 4.39. The van der Waals surface area contributed by atoms with E-state index in [9.17, 15) is 4.79 Å². The lowest BCUT2D eigenvalue weighted by molar-refractivity contribution is -0.112. The van der Waals surface area contributed by atoms with Gasteiger partial charge in [0.2, 0.25) is 0 Å². The number of allylic oxidation sites excluding steroid dienone is 1. The molecule has 1 aromatic rings. The van der Waals surface area contributed by atoms with Crippen molar-refractivity contribution in [1.82, 2.24) is 20.4 Å². The maximum atomic E-state index is 12.9. The average molecular weight is 357 g/mol. The Morgan fingerprint density at radius 2 is 2.12 bits per heavy atom. The molecule has 0 spiro atoms. The van der Waals surface area contributed by atoms with E-state index in [1.807, 2.05) is 14.0 Å². The highest BCUT2D eigenvalue weighted by atomic mass is 16.5. The molecular weight excluding hydrogens is 334 g/mol. The van der Waals surface area contributed by atoms with Gasteiger partial charge in [0.25, 0.3) is 5.91 Å². The van der Waals surface area contributed by atoms with Crippen molar-refractivity contribution in [2.45, 2.75) is 39.2 Å². The summed E-state index contributed by atoms with van der Waals surface area (Å²) in [7, 11) is 3.62. The van der Waals surface area contributed by atoms with E-state index in [4.69, 9.17) is 4.52 Å². The van der Waals surface area contributed by atoms with Gasteiger partial charge in [0.05, 0.1) is 11.1 Å². The molecule has 2 aliphatic rings. The zero-order valence-electron chi connectivity index (χ0n) is 15.7. The van der Waals surface area contributed by atoms with Crippen molar-refractivity contribution in [2.75, 3.05) is 19.4 Å². The summed E-state index contributed by atoms with van der Waals surface area (Å²) < 4.78 is 4.99. The number of aryl methyl sites for hydroxylation is 1. The number of rotatable bonds is 5. The fraction of sp³-hybridized carbons (Fsp3) is 0.471. The van der Waals surface area contributed by atoms with Gasteiger partial charge in [-0.15, -0.1) is 0 Å². The van der Waals surface area contributed by atoms with Crippen LogP contribution in [0, 0.1) is 6.92 Å². The first-order chi connectivity index (χ1) is 12.3. The van der Waals surface area contributed by atoms with Crippen LogP contribution in [0.25, 0.3) is 0 Å². The number of nitrogens with one attached hydrogen (secondary N) is 2. The first-order valence-electron chi connectivity index (χ1n) is 8.32. The van der Waals surface area contributed by atoms with Crippen LogP contribution in [0.15, 0.2) is 37.2 Å². The minimum absolute atomic E-state index is 0.0179. The maximum Gasteiger partial charge on any atom is 0.328 e. The molecule has 26 heavy (non-hydrogen) atoms. The lowest BCUT2D eigenvalue weighted by atomic mass is 10.0. The van der Waals surface area contributed by atoms with E-state index in [-0.39, 0.29) is 17.5 Å². The molecule has 2 heterocycles. The van der Waals surface area contributed by atoms with Crippen molar-refractivity contribution in [2.24, 2.45) is 9.98 Å². The Morgan fingerprint density at radius 1 is 1.42 bits per heavy atom. The van der Waals surface area contributed by atoms with Gasteiger partial charge in [0, 0.05) is 25.3 Å². The monoisotopic (exact) mass is 357 g/mol. The Labute approximate surface area is 152 Å². The number of nitrogens with zero attached hydrogens (tertiary/aromatic N) is 5. The summed E-state index contributed by atoms with van der Waals surface area (Å²) in [5, 5.41) is 9.46. The van der Waals surface area contributed by atoms with Gasteiger partial charge in [-0.1, -0.05) is 5.16 Å². The van der Waals surface area contributed by atoms with Crippen molar-refractivity contribution in [3.8, 4) is 0 Å². The third-order valence-electron chi connectivity index (χ3n) is 4.84. The molecule has 1 fully saturated rings. The quantitative estimate of drug-likeness (QED) is 0.775. The van der Waals surface area contributed by atoms with Crippen LogP contribution in [0.2, 0.25) is 0 Å². The average Bonchev–Trinajstić information content (AvgIpc) is 3.08. The summed E-state index contributed by atoms with van der Waals surface area (Å²) in [4.78, 5) is 27.5. The third kappa shape index (κ3) is 3.00. The summed E-state index contributed by atoms with van der Waals surface area (Å²) in [5.74, 6) is 1.26. The standard InChI is InChI=1S/C17H23N7O2/c1-9-11(15(25)22-16-21-10(2)23-26-16)12(13(18-4)20-9)14(19-5)24(6)17(3)7-8-17/h5,7-8H2,1-4,6H3,(H,18,20)(H,21,22,23,25)/b14-12+. The maximum absolute atomic E-state index is 12.9. The normalized spacial score (nSPS) is 21.5. The number of aromatic nitrogens is 2. The second kappa shape index (κ2) is 6.40. The van der Waals surface area contributed by atoms with E-state index in [1.165, 1.54) is 0 Å². The molecule has 1 aliphatic heterocycles. The zero-order chi connectivity index (χ0) is 19.1. The molecule has 0 radical (unpaired) electrons. The number of hydrogen-bond acceptors (Lipinski definition) is 7. The zero-order valence-corrected chi connectivity index (χ0v) is 15.7. The molecule has 0 unspecified atom stereocenters. The van der Waals surface area contributed by atoms with E-state index in [0.29, 0.717) is 34.3 Å². The van der Waals surface area contributed by atoms with Crippen LogP contribution >= 0.6 is 0 Å². The Morgan fingerprint density at radius 3 is 2.62 bits per heavy atom. The molecule has 0 bridgehead atoms. The summed E-state index contributed by atoms with van der Waals surface area (Å²) in [6.07, 6.45) is 2.13. The molecule has 9 heteroatoms. The number of anilines is 1. The second-order valence-corrected chi connectivity index (χ2v) is 6.71. The second-order valence-electron chi connectivity index (χ2n) is 6.71. The molecule has 1 aromatic heterocycles. The van der Waals surface area contributed by atoms with E-state index in [0.717, 1.165) is 12.8 Å². The number of aliphatic imine (C=N–C) groups is 2. The Balaban J connectivity index is 2.03. The molecule has 3 rings (SSSR count). The largest absolute Gasteiger partial charge is 0.354 e. The van der Waals surface area contributed by atoms with Crippen LogP contribution in [0.5, 0.6) is 0 Å². The molecule has 138 valence electrons. The van der Waals surface area contributed by atoms with Gasteiger partial charge in [-0.2, -0.15) is 4.98 Å². The van der Waals surface area contributed by atoms with Gasteiger partial charge in [-0.25, -0.2) is 4.99 Å². The van der Waals surface area contributed by atoms with Gasteiger partial charge < -0.3 is 14.7 Å². The smallest absolute Gasteiger partial charge is 0.328 e. The van der Waals surface area contributed by atoms with E-state index >= 15 is 0 Å². The van der Waals surface area contributed by atoms with Crippen LogP contribution in [-0.2, 0) is 4.79 Å². The van der Waals surface area contributed by atoms with Crippen molar-refractivity contribution in [3.05, 3.63) is 28.5 Å². The van der Waals surface area contributed by atoms with Crippen LogP contribution in [-0.4, -0.2) is 53.1 Å². The molecule has 1 saturated carbocycles. The fourth-order valence-corrected chi connectivity index (χ4v) is 2.91. The van der Waals surface area contributed by atoms with Crippen LogP contribution in [0.4, 0.5) is 6.01 Å². The molecule has 1 amide bonds. The van der Waals surface area contributed by atoms with Crippen LogP contribution in [0.3, 0.4) is 0 Å². The Bertz CT molecular complexity index is 858. The van der Waals surface area contributed by atoms with Crippen molar-refractivity contribution >= 4 is 24.5 Å². The Hall–Kier alpha value is -2.97. The van der Waals surface area contributed by atoms with Crippen molar-refractivity contribution in [1.29, 1.82) is 0 Å². The van der Waals surface area contributed by atoms with Gasteiger partial charge in [-0.05, 0) is 40.3 Å². The van der Waals surface area contributed by atoms with Gasteiger partial charge in [-0.3, -0.25) is 15.1 Å². The number of amidine groups is 1. The van der Waals surface area contributed by atoms with Crippen LogP contribution < -0.4 is 10.6 Å². The lowest BCUT2D eigenvalue weighted by Gasteiger charge is -2.28. The molecule has 0 atom stereocenters. The summed E-state index contributed by atoms with van der Waals surface area (Å²) >= 11 is 0. The molecule has 2 N–H and O–H groups in total. The lowest BCUT2D eigenvalue weighted by Crippen LogP contribution is -2.32. The molecule has 1 aliphatic carbocycles. The van der Waals surface area contributed by atoms with Crippen LogP contribution in [0.1, 0.15) is 32.5 Å². The number of carbonyl (C=O) groups is 1. The van der Waals surface area contributed by atoms with E-state index < -0.39 is 0 Å². The first-order valence-corrected chi connectivity index (χ1v) is 8.32. The highest BCUT2D eigenvalue weighted by Crippen LogP contribution is 2.43. The fourth-order valence-electron chi connectivity index (χ4n) is 2.91. The predicted molar refractivity (Wildman–Crippen MR) is 98.8 cm³/mol. The molecule has 0 aromatic carbocycles. The predicted octanol–water partition coefficient (Wildman–Crippen LogP) is 1.62. The number of hydrogen-bond donors (Lipinski definition) is 2. The first kappa shape index (κ1) is 17.8. The summed E-state index contributed by atoms with van der Waals surface area (Å²) in [6.45, 7) is 9.36. The molecule has 0 saturated heterocycles. The minimum Gasteiger partial charge on any atom is -0.354 e. The molecular formula is C17H23N7O2. The van der Waals surface area contributed by atoms with Gasteiger partial charge in [0.15, 0.2) is 5.82 Å². The SMILES string of the molecule is C=N/C(=C1/C(C(=O)Nc2nc(C)no2)=C(C)N/C1=N/C)N(C)C1(C)CC1. The minimum atomic E-state index is -0.372. The summed E-state index contributed by atoms with van der Waals surface area (Å²) in [6, 6.07) is 0.0460. The highest BCUT2D eigenvalue weighted by Gasteiger charge is 2.44. The molecule has 9 nitrogen and oxygen atoms in total. The van der Waals surface area contributed by atoms with Gasteiger partial charge >= 0.3 is 6.01 Å². The third-order valence-corrected chi connectivity index (χ3v) is 4.84. The van der Waals surface area contributed by atoms with Crippen molar-refractivity contribution < 1.29 is 9.32 Å². The van der Waals surface area contributed by atoms with E-state index in [1.54, 1.807) is 14.0 Å².